The monoisotopic (exact) mass is 287 g/mol. The molecular formula is C15H14ClN3O. The highest BCUT2D eigenvalue weighted by Gasteiger charge is 2.08. The van der Waals surface area contributed by atoms with Crippen molar-refractivity contribution in [3.05, 3.63) is 58.4 Å². The molecule has 0 fully saturated rings. The first kappa shape index (κ1) is 14.3. The molecule has 0 spiro atoms. The molecule has 2 rings (SSSR count). The predicted molar refractivity (Wildman–Crippen MR) is 77.5 cm³/mol. The second kappa shape index (κ2) is 6.90. The predicted octanol–water partition coefficient (Wildman–Crippen LogP) is 2.69. The molecule has 1 heterocycles. The Morgan fingerprint density at radius 3 is 2.95 bits per heavy atom. The van der Waals surface area contributed by atoms with Gasteiger partial charge in [-0.15, -0.1) is 0 Å². The third-order valence-electron chi connectivity index (χ3n) is 2.80. The summed E-state index contributed by atoms with van der Waals surface area (Å²) in [5.74, 6) is 0.721. The van der Waals surface area contributed by atoms with Crippen molar-refractivity contribution in [2.45, 2.75) is 13.0 Å². The molecular weight excluding hydrogens is 274 g/mol. The van der Waals surface area contributed by atoms with E-state index < -0.39 is 0 Å². The highest BCUT2D eigenvalue weighted by molar-refractivity contribution is 6.31. The van der Waals surface area contributed by atoms with E-state index >= 15 is 0 Å². The summed E-state index contributed by atoms with van der Waals surface area (Å²) in [6.45, 7) is 0.864. The molecule has 1 aromatic heterocycles. The van der Waals surface area contributed by atoms with Crippen LogP contribution in [0, 0.1) is 11.3 Å². The van der Waals surface area contributed by atoms with Crippen molar-refractivity contribution < 1.29 is 4.74 Å². The molecule has 102 valence electrons. The Bertz CT molecular complexity index is 637. The molecule has 0 aliphatic carbocycles. The molecule has 0 amide bonds. The number of aromatic nitrogens is 1. The Hall–Kier alpha value is -2.09. The van der Waals surface area contributed by atoms with Crippen LogP contribution in [0.4, 0.5) is 0 Å². The molecule has 0 aliphatic heterocycles. The number of rotatable bonds is 5. The Labute approximate surface area is 122 Å². The van der Waals surface area contributed by atoms with Gasteiger partial charge in [0.15, 0.2) is 0 Å². The van der Waals surface area contributed by atoms with Gasteiger partial charge in [-0.25, -0.2) is 4.98 Å². The van der Waals surface area contributed by atoms with E-state index in [1.807, 2.05) is 30.3 Å². The Morgan fingerprint density at radius 2 is 2.20 bits per heavy atom. The minimum absolute atomic E-state index is 0.356. The van der Waals surface area contributed by atoms with Crippen molar-refractivity contribution in [1.82, 2.24) is 4.98 Å². The first-order chi connectivity index (χ1) is 9.74. The zero-order valence-electron chi connectivity index (χ0n) is 10.8. The third-order valence-corrected chi connectivity index (χ3v) is 3.16. The van der Waals surface area contributed by atoms with Crippen LogP contribution in [0.1, 0.15) is 16.8 Å². The maximum absolute atomic E-state index is 8.81. The lowest BCUT2D eigenvalue weighted by atomic mass is 10.1. The van der Waals surface area contributed by atoms with E-state index in [1.54, 1.807) is 12.3 Å². The number of nitrogens with two attached hydrogens (primary N) is 1. The van der Waals surface area contributed by atoms with Crippen LogP contribution in [0.25, 0.3) is 0 Å². The minimum atomic E-state index is 0.356. The summed E-state index contributed by atoms with van der Waals surface area (Å²) in [4.78, 5) is 3.92. The van der Waals surface area contributed by atoms with Crippen LogP contribution < -0.4 is 10.5 Å². The minimum Gasteiger partial charge on any atom is -0.489 e. The molecule has 5 heteroatoms. The van der Waals surface area contributed by atoms with E-state index in [-0.39, 0.29) is 0 Å². The molecule has 2 aromatic rings. The van der Waals surface area contributed by atoms with Crippen LogP contribution in [-0.4, -0.2) is 11.5 Å². The van der Waals surface area contributed by atoms with E-state index in [0.29, 0.717) is 30.3 Å². The van der Waals surface area contributed by atoms with Gasteiger partial charge in [-0.1, -0.05) is 17.7 Å². The lowest BCUT2D eigenvalue weighted by Crippen LogP contribution is -2.06. The maximum atomic E-state index is 8.81. The van der Waals surface area contributed by atoms with Crippen LogP contribution in [0.5, 0.6) is 5.75 Å². The molecule has 20 heavy (non-hydrogen) atoms. The number of ether oxygens (including phenoxy) is 1. The van der Waals surface area contributed by atoms with E-state index in [1.165, 1.54) is 0 Å². The molecule has 0 unspecified atom stereocenters. The number of nitrogens with zero attached hydrogens (tertiary/aromatic N) is 2. The van der Waals surface area contributed by atoms with Crippen molar-refractivity contribution in [2.24, 2.45) is 5.73 Å². The summed E-state index contributed by atoms with van der Waals surface area (Å²) in [5, 5.41) is 9.47. The summed E-state index contributed by atoms with van der Waals surface area (Å²) < 4.78 is 5.78. The molecule has 4 nitrogen and oxygen atoms in total. The van der Waals surface area contributed by atoms with Gasteiger partial charge in [0.2, 0.25) is 0 Å². The van der Waals surface area contributed by atoms with Gasteiger partial charge in [0, 0.05) is 16.8 Å². The van der Waals surface area contributed by atoms with Gasteiger partial charge in [-0.2, -0.15) is 5.26 Å². The van der Waals surface area contributed by atoms with Gasteiger partial charge in [0.1, 0.15) is 24.1 Å². The summed E-state index contributed by atoms with van der Waals surface area (Å²) in [6.07, 6.45) is 2.25. The number of hydrogen-bond donors (Lipinski definition) is 1. The topological polar surface area (TPSA) is 71.9 Å². The molecule has 0 radical (unpaired) electrons. The summed E-state index contributed by atoms with van der Waals surface area (Å²) in [7, 11) is 0. The van der Waals surface area contributed by atoms with E-state index in [0.717, 1.165) is 16.9 Å². The van der Waals surface area contributed by atoms with Crippen molar-refractivity contribution in [2.75, 3.05) is 6.54 Å². The molecule has 0 saturated carbocycles. The van der Waals surface area contributed by atoms with Crippen LogP contribution in [0.15, 0.2) is 36.5 Å². The zero-order chi connectivity index (χ0) is 14.4. The lowest BCUT2D eigenvalue weighted by molar-refractivity contribution is 0.303. The molecule has 0 atom stereocenters. The largest absolute Gasteiger partial charge is 0.489 e. The van der Waals surface area contributed by atoms with Gasteiger partial charge in [0.25, 0.3) is 0 Å². The average molecular weight is 288 g/mol. The van der Waals surface area contributed by atoms with Crippen LogP contribution in [0.2, 0.25) is 5.02 Å². The van der Waals surface area contributed by atoms with Gasteiger partial charge in [-0.3, -0.25) is 0 Å². The normalized spacial score (nSPS) is 10.1. The van der Waals surface area contributed by atoms with Gasteiger partial charge < -0.3 is 10.5 Å². The van der Waals surface area contributed by atoms with Crippen LogP contribution >= 0.6 is 11.6 Å². The molecule has 0 aliphatic rings. The summed E-state index contributed by atoms with van der Waals surface area (Å²) >= 11 is 6.15. The van der Waals surface area contributed by atoms with Gasteiger partial charge in [0.05, 0.1) is 0 Å². The molecule has 0 bridgehead atoms. The lowest BCUT2D eigenvalue weighted by Gasteiger charge is -2.12. The summed E-state index contributed by atoms with van der Waals surface area (Å²) in [5.41, 5.74) is 7.75. The fourth-order valence-electron chi connectivity index (χ4n) is 1.85. The van der Waals surface area contributed by atoms with Crippen molar-refractivity contribution in [3.8, 4) is 11.8 Å². The maximum Gasteiger partial charge on any atom is 0.140 e. The van der Waals surface area contributed by atoms with E-state index in [2.05, 4.69) is 4.98 Å². The number of hydrogen-bond acceptors (Lipinski definition) is 4. The van der Waals surface area contributed by atoms with Crippen molar-refractivity contribution in [3.63, 3.8) is 0 Å². The van der Waals surface area contributed by atoms with E-state index in [9.17, 15) is 0 Å². The molecule has 0 saturated heterocycles. The third kappa shape index (κ3) is 3.47. The second-order valence-electron chi connectivity index (χ2n) is 4.21. The fraction of sp³-hybridized carbons (Fsp3) is 0.200. The fourth-order valence-corrected chi connectivity index (χ4v) is 2.11. The van der Waals surface area contributed by atoms with Crippen LogP contribution in [0.3, 0.4) is 0 Å². The first-order valence-corrected chi connectivity index (χ1v) is 6.57. The van der Waals surface area contributed by atoms with Gasteiger partial charge in [-0.05, 0) is 42.8 Å². The van der Waals surface area contributed by atoms with Crippen molar-refractivity contribution >= 4 is 11.6 Å². The Balaban J connectivity index is 2.14. The highest BCUT2D eigenvalue weighted by atomic mass is 35.5. The molecule has 1 aromatic carbocycles. The number of nitriles is 1. The smallest absolute Gasteiger partial charge is 0.140 e. The Morgan fingerprint density at radius 1 is 1.35 bits per heavy atom. The first-order valence-electron chi connectivity index (χ1n) is 6.20. The number of benzene rings is 1. The Kier molecular flexibility index (Phi) is 4.94. The highest BCUT2D eigenvalue weighted by Crippen LogP contribution is 2.27. The standard InChI is InChI=1S/C15H14ClN3O/c16-14-2-1-3-15(13(14)4-6-17)20-10-11-5-7-19-12(8-11)9-18/h1-3,5,7-8H,4,6,10,17H2. The summed E-state index contributed by atoms with van der Waals surface area (Å²) in [6, 6.07) is 11.0. The van der Waals surface area contributed by atoms with Gasteiger partial charge >= 0.3 is 0 Å². The number of pyridine rings is 1. The quantitative estimate of drug-likeness (QED) is 0.918. The SMILES string of the molecule is N#Cc1cc(COc2cccc(Cl)c2CCN)ccn1. The molecule has 2 N–H and O–H groups in total. The average Bonchev–Trinajstić information content (AvgIpc) is 2.48. The zero-order valence-corrected chi connectivity index (χ0v) is 11.6. The number of halogens is 1. The van der Waals surface area contributed by atoms with Crippen molar-refractivity contribution in [1.29, 1.82) is 5.26 Å². The second-order valence-corrected chi connectivity index (χ2v) is 4.61. The van der Waals surface area contributed by atoms with Crippen LogP contribution in [-0.2, 0) is 13.0 Å². The van der Waals surface area contributed by atoms with E-state index in [4.69, 9.17) is 27.3 Å².